The Balaban J connectivity index is 3.89. The topological polar surface area (TPSA) is 63.6 Å². The van der Waals surface area contributed by atoms with Gasteiger partial charge in [-0.05, 0) is 19.3 Å². The lowest BCUT2D eigenvalue weighted by molar-refractivity contribution is -0.153. The molecule has 0 aliphatic rings. The lowest BCUT2D eigenvalue weighted by atomic mass is 10.1. The minimum absolute atomic E-state index is 0.0729. The summed E-state index contributed by atoms with van der Waals surface area (Å²) in [6.07, 6.45) is 12.9. The second kappa shape index (κ2) is 15.8. The fourth-order valence-corrected chi connectivity index (χ4v) is 2.67. The molecule has 136 valence electrons. The summed E-state index contributed by atoms with van der Waals surface area (Å²) in [5, 5.41) is 8.95. The van der Waals surface area contributed by atoms with Gasteiger partial charge in [0.2, 0.25) is 0 Å². The SMILES string of the molecule is CCCCCCCCC(CC(=O)O)OC(=O)CCCCCCC. The number of aliphatic carboxylic acids is 1. The third kappa shape index (κ3) is 15.6. The van der Waals surface area contributed by atoms with Crippen LogP contribution in [0.15, 0.2) is 0 Å². The Labute approximate surface area is 142 Å². The second-order valence-corrected chi connectivity index (χ2v) is 6.43. The standard InChI is InChI=1S/C19H36O4/c1-3-5-7-9-11-12-14-17(16-18(20)21)23-19(22)15-13-10-8-6-4-2/h17H,3-16H2,1-2H3,(H,20,21). The van der Waals surface area contributed by atoms with E-state index in [0.29, 0.717) is 12.8 Å². The molecule has 0 bridgehead atoms. The number of hydrogen-bond acceptors (Lipinski definition) is 3. The number of hydrogen-bond donors (Lipinski definition) is 1. The molecule has 1 N–H and O–H groups in total. The van der Waals surface area contributed by atoms with Crippen LogP contribution in [-0.2, 0) is 14.3 Å². The van der Waals surface area contributed by atoms with Gasteiger partial charge < -0.3 is 9.84 Å². The minimum Gasteiger partial charge on any atom is -0.481 e. The van der Waals surface area contributed by atoms with E-state index in [-0.39, 0.29) is 12.4 Å². The molecule has 0 fully saturated rings. The molecule has 0 aliphatic heterocycles. The highest BCUT2D eigenvalue weighted by molar-refractivity contribution is 5.71. The van der Waals surface area contributed by atoms with Crippen LogP contribution in [0.1, 0.15) is 104 Å². The number of ether oxygens (including phenoxy) is 1. The molecule has 23 heavy (non-hydrogen) atoms. The van der Waals surface area contributed by atoms with Gasteiger partial charge in [-0.2, -0.15) is 0 Å². The maximum atomic E-state index is 11.8. The maximum Gasteiger partial charge on any atom is 0.307 e. The van der Waals surface area contributed by atoms with Crippen molar-refractivity contribution in [1.82, 2.24) is 0 Å². The Bertz CT molecular complexity index is 302. The van der Waals surface area contributed by atoms with Gasteiger partial charge in [0.1, 0.15) is 6.10 Å². The van der Waals surface area contributed by atoms with Crippen LogP contribution in [0.2, 0.25) is 0 Å². The van der Waals surface area contributed by atoms with Crippen molar-refractivity contribution in [2.45, 2.75) is 110 Å². The Kier molecular flexibility index (Phi) is 15.1. The molecule has 0 radical (unpaired) electrons. The van der Waals surface area contributed by atoms with Gasteiger partial charge in [0.05, 0.1) is 6.42 Å². The summed E-state index contributed by atoms with van der Waals surface area (Å²) in [4.78, 5) is 22.7. The number of rotatable bonds is 16. The van der Waals surface area contributed by atoms with Gasteiger partial charge in [0, 0.05) is 6.42 Å². The van der Waals surface area contributed by atoms with Crippen LogP contribution >= 0.6 is 0 Å². The third-order valence-corrected chi connectivity index (χ3v) is 4.06. The van der Waals surface area contributed by atoms with Crippen LogP contribution in [0.4, 0.5) is 0 Å². The molecule has 0 saturated carbocycles. The number of carbonyl (C=O) groups excluding carboxylic acids is 1. The minimum atomic E-state index is -0.892. The molecular weight excluding hydrogens is 292 g/mol. The quantitative estimate of drug-likeness (QED) is 0.301. The second-order valence-electron chi connectivity index (χ2n) is 6.43. The van der Waals surface area contributed by atoms with Gasteiger partial charge in [0.15, 0.2) is 0 Å². The van der Waals surface area contributed by atoms with E-state index in [0.717, 1.165) is 32.1 Å². The van der Waals surface area contributed by atoms with Gasteiger partial charge >= 0.3 is 11.9 Å². The zero-order valence-electron chi connectivity index (χ0n) is 15.1. The monoisotopic (exact) mass is 328 g/mol. The predicted octanol–water partition coefficient (Wildman–Crippen LogP) is 5.48. The molecule has 0 heterocycles. The van der Waals surface area contributed by atoms with Crippen molar-refractivity contribution in [2.24, 2.45) is 0 Å². The van der Waals surface area contributed by atoms with Crippen LogP contribution in [-0.4, -0.2) is 23.1 Å². The number of esters is 1. The highest BCUT2D eigenvalue weighted by atomic mass is 16.5. The lowest BCUT2D eigenvalue weighted by Gasteiger charge is -2.16. The number of carboxylic acid groups (broad SMARTS) is 1. The van der Waals surface area contributed by atoms with Gasteiger partial charge in [-0.25, -0.2) is 0 Å². The maximum absolute atomic E-state index is 11.8. The van der Waals surface area contributed by atoms with E-state index in [9.17, 15) is 9.59 Å². The fourth-order valence-electron chi connectivity index (χ4n) is 2.67. The van der Waals surface area contributed by atoms with E-state index < -0.39 is 12.1 Å². The van der Waals surface area contributed by atoms with Crippen molar-refractivity contribution in [3.05, 3.63) is 0 Å². The first-order valence-corrected chi connectivity index (χ1v) is 9.51. The molecule has 0 aromatic rings. The first-order chi connectivity index (χ1) is 11.1. The number of carboxylic acids is 1. The van der Waals surface area contributed by atoms with Crippen LogP contribution in [0, 0.1) is 0 Å². The van der Waals surface area contributed by atoms with E-state index in [4.69, 9.17) is 9.84 Å². The van der Waals surface area contributed by atoms with Crippen molar-refractivity contribution < 1.29 is 19.4 Å². The van der Waals surface area contributed by atoms with Crippen molar-refractivity contribution in [1.29, 1.82) is 0 Å². The summed E-state index contributed by atoms with van der Waals surface area (Å²) in [6, 6.07) is 0. The molecule has 4 heteroatoms. The summed E-state index contributed by atoms with van der Waals surface area (Å²) in [6.45, 7) is 4.34. The van der Waals surface area contributed by atoms with Crippen LogP contribution in [0.5, 0.6) is 0 Å². The lowest BCUT2D eigenvalue weighted by Crippen LogP contribution is -2.21. The summed E-state index contributed by atoms with van der Waals surface area (Å²) in [5.41, 5.74) is 0. The van der Waals surface area contributed by atoms with E-state index in [1.54, 1.807) is 0 Å². The average molecular weight is 328 g/mol. The summed E-state index contributed by atoms with van der Waals surface area (Å²) in [5.74, 6) is -1.13. The molecule has 0 rings (SSSR count). The molecule has 0 aliphatic carbocycles. The normalized spacial score (nSPS) is 12.1. The predicted molar refractivity (Wildman–Crippen MR) is 93.5 cm³/mol. The average Bonchev–Trinajstić information content (AvgIpc) is 2.49. The number of unbranched alkanes of at least 4 members (excludes halogenated alkanes) is 9. The van der Waals surface area contributed by atoms with Crippen LogP contribution in [0.25, 0.3) is 0 Å². The molecule has 4 nitrogen and oxygen atoms in total. The highest BCUT2D eigenvalue weighted by Crippen LogP contribution is 2.14. The smallest absolute Gasteiger partial charge is 0.307 e. The fraction of sp³-hybridized carbons (Fsp3) is 0.895. The van der Waals surface area contributed by atoms with Crippen molar-refractivity contribution in [3.8, 4) is 0 Å². The molecule has 1 unspecified atom stereocenters. The van der Waals surface area contributed by atoms with E-state index in [2.05, 4.69) is 13.8 Å². The third-order valence-electron chi connectivity index (χ3n) is 4.06. The summed E-state index contributed by atoms with van der Waals surface area (Å²) < 4.78 is 5.38. The molecular formula is C19H36O4. The van der Waals surface area contributed by atoms with Crippen LogP contribution < -0.4 is 0 Å². The van der Waals surface area contributed by atoms with Gasteiger partial charge in [0.25, 0.3) is 0 Å². The Morgan fingerprint density at radius 3 is 1.91 bits per heavy atom. The van der Waals surface area contributed by atoms with Gasteiger partial charge in [-0.15, -0.1) is 0 Å². The summed E-state index contributed by atoms with van der Waals surface area (Å²) in [7, 11) is 0. The molecule has 1 atom stereocenters. The Morgan fingerprint density at radius 1 is 0.826 bits per heavy atom. The van der Waals surface area contributed by atoms with Crippen LogP contribution in [0.3, 0.4) is 0 Å². The Hall–Kier alpha value is -1.06. The summed E-state index contributed by atoms with van der Waals surface area (Å²) >= 11 is 0. The van der Waals surface area contributed by atoms with Gasteiger partial charge in [-0.3, -0.25) is 9.59 Å². The number of carbonyl (C=O) groups is 2. The first-order valence-electron chi connectivity index (χ1n) is 9.51. The molecule has 0 saturated heterocycles. The van der Waals surface area contributed by atoms with E-state index in [1.165, 1.54) is 38.5 Å². The zero-order valence-corrected chi connectivity index (χ0v) is 15.1. The molecule has 0 amide bonds. The first kappa shape index (κ1) is 21.9. The molecule has 0 spiro atoms. The zero-order chi connectivity index (χ0) is 17.3. The molecule has 0 aromatic heterocycles. The van der Waals surface area contributed by atoms with Gasteiger partial charge in [-0.1, -0.05) is 71.6 Å². The van der Waals surface area contributed by atoms with Crippen molar-refractivity contribution >= 4 is 11.9 Å². The van der Waals surface area contributed by atoms with Crippen molar-refractivity contribution in [3.63, 3.8) is 0 Å². The van der Waals surface area contributed by atoms with E-state index in [1.807, 2.05) is 0 Å². The van der Waals surface area contributed by atoms with Crippen molar-refractivity contribution in [2.75, 3.05) is 0 Å². The van der Waals surface area contributed by atoms with E-state index >= 15 is 0 Å². The Morgan fingerprint density at radius 2 is 1.35 bits per heavy atom. The largest absolute Gasteiger partial charge is 0.481 e. The highest BCUT2D eigenvalue weighted by Gasteiger charge is 2.17. The molecule has 0 aromatic carbocycles.